The normalized spacial score (nSPS) is 10.9. The largest absolute Gasteiger partial charge is 0.478 e. The monoisotopic (exact) mass is 263 g/mol. The van der Waals surface area contributed by atoms with Crippen LogP contribution in [-0.4, -0.2) is 25.6 Å². The molecular formula is C12H10ClN3O2. The second kappa shape index (κ2) is 5.46. The minimum absolute atomic E-state index is 0.448. The zero-order valence-corrected chi connectivity index (χ0v) is 10.1. The van der Waals surface area contributed by atoms with Gasteiger partial charge in [-0.1, -0.05) is 17.7 Å². The van der Waals surface area contributed by atoms with E-state index in [4.69, 9.17) is 16.7 Å². The Bertz CT molecular complexity index is 575. The van der Waals surface area contributed by atoms with Crippen molar-refractivity contribution in [1.29, 1.82) is 0 Å². The summed E-state index contributed by atoms with van der Waals surface area (Å²) in [5.74, 6) is -0.992. The Morgan fingerprint density at radius 3 is 2.83 bits per heavy atom. The Labute approximate surface area is 108 Å². The predicted octanol–water partition coefficient (Wildman–Crippen LogP) is 2.08. The summed E-state index contributed by atoms with van der Waals surface area (Å²) >= 11 is 5.71. The first kappa shape index (κ1) is 12.3. The number of carbonyl (C=O) groups is 1. The zero-order chi connectivity index (χ0) is 13.0. The number of carboxylic acid groups (broad SMARTS) is 1. The van der Waals surface area contributed by atoms with E-state index in [0.29, 0.717) is 17.4 Å². The van der Waals surface area contributed by atoms with Gasteiger partial charge in [0.15, 0.2) is 0 Å². The number of halogens is 1. The molecule has 2 aromatic heterocycles. The van der Waals surface area contributed by atoms with Crippen LogP contribution in [0.1, 0.15) is 11.3 Å². The van der Waals surface area contributed by atoms with Gasteiger partial charge in [0, 0.05) is 18.5 Å². The standard InChI is InChI=1S/C12H10ClN3O2/c13-11-7-16(8-15-11)6-9-1-2-10(14-5-9)3-4-12(17)18/h1-5,7-8H,6H2,(H,17,18)/b4-3+. The van der Waals surface area contributed by atoms with E-state index >= 15 is 0 Å². The van der Waals surface area contributed by atoms with E-state index in [1.54, 1.807) is 24.8 Å². The molecule has 0 atom stereocenters. The van der Waals surface area contributed by atoms with Crippen LogP contribution in [0.2, 0.25) is 5.15 Å². The minimum atomic E-state index is -0.992. The quantitative estimate of drug-likeness (QED) is 0.858. The van der Waals surface area contributed by atoms with E-state index < -0.39 is 5.97 Å². The molecule has 0 saturated heterocycles. The van der Waals surface area contributed by atoms with Gasteiger partial charge in [0.1, 0.15) is 5.15 Å². The Kier molecular flexibility index (Phi) is 3.74. The Balaban J connectivity index is 2.06. The van der Waals surface area contributed by atoms with Crippen molar-refractivity contribution in [3.8, 4) is 0 Å². The molecule has 0 fully saturated rings. The third-order valence-corrected chi connectivity index (χ3v) is 2.41. The number of hydrogen-bond donors (Lipinski definition) is 1. The maximum Gasteiger partial charge on any atom is 0.328 e. The summed E-state index contributed by atoms with van der Waals surface area (Å²) in [7, 11) is 0. The maximum absolute atomic E-state index is 10.3. The van der Waals surface area contributed by atoms with Crippen molar-refractivity contribution in [1.82, 2.24) is 14.5 Å². The molecule has 0 unspecified atom stereocenters. The van der Waals surface area contributed by atoms with Crippen LogP contribution in [-0.2, 0) is 11.3 Å². The second-order valence-corrected chi connectivity index (χ2v) is 4.02. The fourth-order valence-corrected chi connectivity index (χ4v) is 1.58. The molecule has 5 nitrogen and oxygen atoms in total. The number of carboxylic acids is 1. The average Bonchev–Trinajstić information content (AvgIpc) is 2.74. The highest BCUT2D eigenvalue weighted by atomic mass is 35.5. The third kappa shape index (κ3) is 3.43. The van der Waals surface area contributed by atoms with Crippen molar-refractivity contribution in [3.63, 3.8) is 0 Å². The average molecular weight is 264 g/mol. The van der Waals surface area contributed by atoms with Gasteiger partial charge in [0.2, 0.25) is 0 Å². The molecule has 0 aliphatic carbocycles. The molecule has 6 heteroatoms. The van der Waals surface area contributed by atoms with E-state index in [-0.39, 0.29) is 0 Å². The van der Waals surface area contributed by atoms with Gasteiger partial charge >= 0.3 is 5.97 Å². The van der Waals surface area contributed by atoms with Gasteiger partial charge in [-0.15, -0.1) is 0 Å². The van der Waals surface area contributed by atoms with E-state index in [9.17, 15) is 4.79 Å². The lowest BCUT2D eigenvalue weighted by Gasteiger charge is -2.02. The van der Waals surface area contributed by atoms with Crippen LogP contribution >= 0.6 is 11.6 Å². The fraction of sp³-hybridized carbons (Fsp3) is 0.0833. The molecule has 0 amide bonds. The number of imidazole rings is 1. The topological polar surface area (TPSA) is 68.0 Å². The summed E-state index contributed by atoms with van der Waals surface area (Å²) < 4.78 is 1.84. The van der Waals surface area contributed by atoms with Gasteiger partial charge in [0.25, 0.3) is 0 Å². The summed E-state index contributed by atoms with van der Waals surface area (Å²) in [6.07, 6.45) is 7.55. The molecule has 0 radical (unpaired) electrons. The molecule has 18 heavy (non-hydrogen) atoms. The lowest BCUT2D eigenvalue weighted by atomic mass is 10.2. The third-order valence-electron chi connectivity index (χ3n) is 2.21. The van der Waals surface area contributed by atoms with Crippen molar-refractivity contribution in [2.24, 2.45) is 0 Å². The van der Waals surface area contributed by atoms with Gasteiger partial charge < -0.3 is 9.67 Å². The Morgan fingerprint density at radius 2 is 2.28 bits per heavy atom. The number of pyridine rings is 1. The van der Waals surface area contributed by atoms with E-state index in [2.05, 4.69) is 9.97 Å². The van der Waals surface area contributed by atoms with Crippen molar-refractivity contribution < 1.29 is 9.90 Å². The molecule has 2 heterocycles. The second-order valence-electron chi connectivity index (χ2n) is 3.63. The first-order valence-electron chi connectivity index (χ1n) is 5.17. The number of aromatic nitrogens is 3. The van der Waals surface area contributed by atoms with Gasteiger partial charge in [-0.25, -0.2) is 9.78 Å². The van der Waals surface area contributed by atoms with Crippen LogP contribution in [0.15, 0.2) is 36.9 Å². The van der Waals surface area contributed by atoms with Crippen LogP contribution in [0, 0.1) is 0 Å². The fourth-order valence-electron chi connectivity index (χ4n) is 1.41. The molecule has 0 spiro atoms. The van der Waals surface area contributed by atoms with Crippen LogP contribution in [0.3, 0.4) is 0 Å². The molecule has 0 bridgehead atoms. The predicted molar refractivity (Wildman–Crippen MR) is 67.2 cm³/mol. The van der Waals surface area contributed by atoms with Crippen LogP contribution < -0.4 is 0 Å². The first-order valence-corrected chi connectivity index (χ1v) is 5.54. The van der Waals surface area contributed by atoms with Gasteiger partial charge in [-0.3, -0.25) is 4.98 Å². The summed E-state index contributed by atoms with van der Waals surface area (Å²) in [6.45, 7) is 0.621. The maximum atomic E-state index is 10.3. The summed E-state index contributed by atoms with van der Waals surface area (Å²) in [4.78, 5) is 18.4. The molecule has 2 aromatic rings. The Hall–Kier alpha value is -2.14. The molecule has 0 aliphatic heterocycles. The molecule has 2 rings (SSSR count). The lowest BCUT2D eigenvalue weighted by Crippen LogP contribution is -1.97. The van der Waals surface area contributed by atoms with Crippen molar-refractivity contribution in [3.05, 3.63) is 53.3 Å². The molecular weight excluding hydrogens is 254 g/mol. The van der Waals surface area contributed by atoms with Crippen molar-refractivity contribution >= 4 is 23.6 Å². The molecule has 1 N–H and O–H groups in total. The Morgan fingerprint density at radius 1 is 1.44 bits per heavy atom. The number of nitrogens with zero attached hydrogens (tertiary/aromatic N) is 3. The van der Waals surface area contributed by atoms with Crippen LogP contribution in [0.25, 0.3) is 6.08 Å². The highest BCUT2D eigenvalue weighted by molar-refractivity contribution is 6.29. The number of aliphatic carboxylic acids is 1. The highest BCUT2D eigenvalue weighted by Crippen LogP contribution is 2.07. The van der Waals surface area contributed by atoms with E-state index in [1.807, 2.05) is 10.6 Å². The SMILES string of the molecule is O=C(O)/C=C/c1ccc(Cn2cnc(Cl)c2)cn1. The molecule has 92 valence electrons. The van der Waals surface area contributed by atoms with E-state index in [0.717, 1.165) is 11.6 Å². The molecule has 0 aromatic carbocycles. The molecule has 0 saturated carbocycles. The van der Waals surface area contributed by atoms with Crippen LogP contribution in [0.5, 0.6) is 0 Å². The lowest BCUT2D eigenvalue weighted by molar-refractivity contribution is -0.131. The number of hydrogen-bond acceptors (Lipinski definition) is 3. The van der Waals surface area contributed by atoms with E-state index in [1.165, 1.54) is 6.08 Å². The smallest absolute Gasteiger partial charge is 0.328 e. The van der Waals surface area contributed by atoms with Gasteiger partial charge in [-0.05, 0) is 17.7 Å². The summed E-state index contributed by atoms with van der Waals surface area (Å²) in [5.41, 5.74) is 1.58. The summed E-state index contributed by atoms with van der Waals surface area (Å²) in [6, 6.07) is 3.63. The van der Waals surface area contributed by atoms with Gasteiger partial charge in [0.05, 0.1) is 18.6 Å². The first-order chi connectivity index (χ1) is 8.63. The van der Waals surface area contributed by atoms with Crippen molar-refractivity contribution in [2.45, 2.75) is 6.54 Å². The minimum Gasteiger partial charge on any atom is -0.478 e. The summed E-state index contributed by atoms with van der Waals surface area (Å²) in [5, 5.41) is 8.94. The number of rotatable bonds is 4. The van der Waals surface area contributed by atoms with Crippen molar-refractivity contribution in [2.75, 3.05) is 0 Å². The highest BCUT2D eigenvalue weighted by Gasteiger charge is 1.98. The van der Waals surface area contributed by atoms with Gasteiger partial charge in [-0.2, -0.15) is 0 Å². The molecule has 0 aliphatic rings. The zero-order valence-electron chi connectivity index (χ0n) is 9.32. The van der Waals surface area contributed by atoms with Crippen LogP contribution in [0.4, 0.5) is 0 Å².